The number of esters is 1. The molecule has 106 valence electrons. The maximum Gasteiger partial charge on any atom is 0.315 e. The van der Waals surface area contributed by atoms with Crippen LogP contribution in [0.3, 0.4) is 0 Å². The summed E-state index contributed by atoms with van der Waals surface area (Å²) in [6.45, 7) is 2.66. The number of ether oxygens (including phenoxy) is 1. The van der Waals surface area contributed by atoms with Crippen molar-refractivity contribution in [3.05, 3.63) is 22.8 Å². The number of hydrogen-bond donors (Lipinski definition) is 1. The number of thiazole rings is 1. The Kier molecular flexibility index (Phi) is 3.64. The van der Waals surface area contributed by atoms with Crippen molar-refractivity contribution >= 4 is 22.4 Å². The Morgan fingerprint density at radius 3 is 3.30 bits per heavy atom. The molecule has 0 saturated carbocycles. The Morgan fingerprint density at radius 1 is 1.65 bits per heavy atom. The third kappa shape index (κ3) is 2.51. The van der Waals surface area contributed by atoms with Gasteiger partial charge in [-0.05, 0) is 19.8 Å². The molecule has 2 heterocycles. The van der Waals surface area contributed by atoms with Crippen molar-refractivity contribution in [3.63, 3.8) is 0 Å². The van der Waals surface area contributed by atoms with Crippen LogP contribution >= 0.6 is 11.3 Å². The quantitative estimate of drug-likeness (QED) is 0.840. The Bertz CT molecular complexity index is 596. The lowest BCUT2D eigenvalue weighted by molar-refractivity contribution is -0.145. The van der Waals surface area contributed by atoms with Crippen molar-refractivity contribution in [2.24, 2.45) is 0 Å². The van der Waals surface area contributed by atoms with E-state index in [0.717, 1.165) is 28.5 Å². The number of hydrogen-bond acceptors (Lipinski definition) is 8. The fourth-order valence-electron chi connectivity index (χ4n) is 2.20. The highest BCUT2D eigenvalue weighted by atomic mass is 32.1. The summed E-state index contributed by atoms with van der Waals surface area (Å²) in [6.07, 6.45) is 2.95. The summed E-state index contributed by atoms with van der Waals surface area (Å²) in [5.74, 6) is 0.172. The number of nitrogens with zero attached hydrogens (tertiary/aromatic N) is 3. The maximum atomic E-state index is 11.9. The molecule has 0 aliphatic heterocycles. The second kappa shape index (κ2) is 5.58. The molecule has 0 radical (unpaired) electrons. The molecule has 0 saturated heterocycles. The molecule has 1 aliphatic carbocycles. The molecule has 1 aliphatic rings. The molecular formula is C12H14N4O3S. The standard InChI is InChI=1S/C12H14N4O3S/c1-2-18-11(17)7-3-4-8-10(7)15-12(20-8)13-5-9-14-6-19-16-9/h6-7H,2-5H2,1H3,(H,13,15). The lowest BCUT2D eigenvalue weighted by Crippen LogP contribution is -2.14. The summed E-state index contributed by atoms with van der Waals surface area (Å²) in [5.41, 5.74) is 0.851. The molecule has 0 fully saturated rings. The van der Waals surface area contributed by atoms with E-state index in [4.69, 9.17) is 4.74 Å². The van der Waals surface area contributed by atoms with Gasteiger partial charge in [-0.15, -0.1) is 11.3 Å². The van der Waals surface area contributed by atoms with Gasteiger partial charge in [-0.3, -0.25) is 4.79 Å². The lowest BCUT2D eigenvalue weighted by Gasteiger charge is -2.07. The minimum atomic E-state index is -0.220. The van der Waals surface area contributed by atoms with Gasteiger partial charge >= 0.3 is 5.97 Å². The Balaban J connectivity index is 1.68. The zero-order valence-corrected chi connectivity index (χ0v) is 11.8. The number of nitrogens with one attached hydrogen (secondary N) is 1. The van der Waals surface area contributed by atoms with Gasteiger partial charge in [0.15, 0.2) is 11.0 Å². The third-order valence-electron chi connectivity index (χ3n) is 3.09. The van der Waals surface area contributed by atoms with E-state index in [0.29, 0.717) is 19.0 Å². The maximum absolute atomic E-state index is 11.9. The Labute approximate surface area is 119 Å². The van der Waals surface area contributed by atoms with Crippen LogP contribution in [0.25, 0.3) is 0 Å². The fraction of sp³-hybridized carbons (Fsp3) is 0.500. The first kappa shape index (κ1) is 13.0. The molecule has 0 amide bonds. The first-order valence-corrected chi connectivity index (χ1v) is 7.25. The van der Waals surface area contributed by atoms with Crippen molar-refractivity contribution in [3.8, 4) is 0 Å². The van der Waals surface area contributed by atoms with Crippen LogP contribution in [0, 0.1) is 0 Å². The summed E-state index contributed by atoms with van der Waals surface area (Å²) in [5, 5.41) is 7.63. The zero-order chi connectivity index (χ0) is 13.9. The molecule has 2 aromatic rings. The smallest absolute Gasteiger partial charge is 0.315 e. The number of anilines is 1. The summed E-state index contributed by atoms with van der Waals surface area (Å²) in [6, 6.07) is 0. The summed E-state index contributed by atoms with van der Waals surface area (Å²) >= 11 is 1.57. The largest absolute Gasteiger partial charge is 0.465 e. The summed E-state index contributed by atoms with van der Waals surface area (Å²) in [4.78, 5) is 21.4. The van der Waals surface area contributed by atoms with E-state index in [1.807, 2.05) is 6.92 Å². The van der Waals surface area contributed by atoms with E-state index in [-0.39, 0.29) is 11.9 Å². The van der Waals surface area contributed by atoms with Gasteiger partial charge < -0.3 is 14.6 Å². The molecular weight excluding hydrogens is 280 g/mol. The average Bonchev–Trinajstić information content (AvgIpc) is 3.13. The van der Waals surface area contributed by atoms with E-state index >= 15 is 0 Å². The van der Waals surface area contributed by atoms with Crippen LogP contribution in [0.15, 0.2) is 10.9 Å². The molecule has 3 rings (SSSR count). The monoisotopic (exact) mass is 294 g/mol. The number of carbonyl (C=O) groups is 1. The molecule has 20 heavy (non-hydrogen) atoms. The molecule has 1 atom stereocenters. The van der Waals surface area contributed by atoms with Crippen LogP contribution in [0.2, 0.25) is 0 Å². The predicted molar refractivity (Wildman–Crippen MR) is 71.4 cm³/mol. The van der Waals surface area contributed by atoms with E-state index in [1.165, 1.54) is 6.39 Å². The molecule has 1 N–H and O–H groups in total. The van der Waals surface area contributed by atoms with Gasteiger partial charge in [0, 0.05) is 4.88 Å². The van der Waals surface area contributed by atoms with Gasteiger partial charge in [0.25, 0.3) is 0 Å². The second-order valence-electron chi connectivity index (χ2n) is 4.37. The third-order valence-corrected chi connectivity index (χ3v) is 4.18. The molecule has 0 aromatic carbocycles. The summed E-state index contributed by atoms with van der Waals surface area (Å²) in [7, 11) is 0. The Hall–Kier alpha value is -1.96. The van der Waals surface area contributed by atoms with Crippen molar-refractivity contribution in [2.75, 3.05) is 11.9 Å². The molecule has 0 spiro atoms. The van der Waals surface area contributed by atoms with Crippen molar-refractivity contribution in [1.29, 1.82) is 0 Å². The average molecular weight is 294 g/mol. The normalized spacial score (nSPS) is 16.9. The highest BCUT2D eigenvalue weighted by molar-refractivity contribution is 7.15. The first-order chi connectivity index (χ1) is 9.78. The highest BCUT2D eigenvalue weighted by Gasteiger charge is 2.33. The van der Waals surface area contributed by atoms with Gasteiger partial charge in [-0.1, -0.05) is 5.16 Å². The molecule has 7 nitrogen and oxygen atoms in total. The SMILES string of the molecule is CCOC(=O)C1CCc2sc(NCc3ncon3)nc21. The van der Waals surface area contributed by atoms with Crippen molar-refractivity contribution < 1.29 is 14.1 Å². The van der Waals surface area contributed by atoms with E-state index in [1.54, 1.807) is 11.3 Å². The number of fused-ring (bicyclic) bond motifs is 1. The summed E-state index contributed by atoms with van der Waals surface area (Å²) < 4.78 is 9.74. The number of aryl methyl sites for hydroxylation is 1. The Morgan fingerprint density at radius 2 is 2.55 bits per heavy atom. The van der Waals surface area contributed by atoms with Gasteiger partial charge in [0.2, 0.25) is 6.39 Å². The van der Waals surface area contributed by atoms with Crippen LogP contribution in [0.4, 0.5) is 5.13 Å². The van der Waals surface area contributed by atoms with E-state index in [9.17, 15) is 4.79 Å². The number of rotatable bonds is 5. The molecule has 2 aromatic heterocycles. The molecule has 8 heteroatoms. The van der Waals surface area contributed by atoms with E-state index < -0.39 is 0 Å². The predicted octanol–water partition coefficient (Wildman–Crippen LogP) is 1.73. The van der Waals surface area contributed by atoms with E-state index in [2.05, 4.69) is 25.0 Å². The topological polar surface area (TPSA) is 90.1 Å². The molecule has 0 bridgehead atoms. The lowest BCUT2D eigenvalue weighted by atomic mass is 10.1. The van der Waals surface area contributed by atoms with Gasteiger partial charge in [-0.2, -0.15) is 4.98 Å². The minimum Gasteiger partial charge on any atom is -0.465 e. The number of aromatic nitrogens is 3. The molecule has 1 unspecified atom stereocenters. The van der Waals surface area contributed by atoms with Crippen LogP contribution in [0.1, 0.15) is 35.7 Å². The van der Waals surface area contributed by atoms with Gasteiger partial charge in [0.1, 0.15) is 5.92 Å². The van der Waals surface area contributed by atoms with Crippen molar-refractivity contribution in [2.45, 2.75) is 32.2 Å². The fourth-order valence-corrected chi connectivity index (χ4v) is 3.23. The zero-order valence-electron chi connectivity index (χ0n) is 11.0. The first-order valence-electron chi connectivity index (χ1n) is 6.43. The minimum absolute atomic E-state index is 0.179. The van der Waals surface area contributed by atoms with Crippen LogP contribution < -0.4 is 5.32 Å². The van der Waals surface area contributed by atoms with Gasteiger partial charge in [0.05, 0.1) is 18.8 Å². The van der Waals surface area contributed by atoms with Crippen LogP contribution in [-0.2, 0) is 22.5 Å². The van der Waals surface area contributed by atoms with Crippen LogP contribution in [0.5, 0.6) is 0 Å². The highest BCUT2D eigenvalue weighted by Crippen LogP contribution is 2.38. The number of carbonyl (C=O) groups excluding carboxylic acids is 1. The second-order valence-corrected chi connectivity index (χ2v) is 5.46. The van der Waals surface area contributed by atoms with Gasteiger partial charge in [-0.25, -0.2) is 4.98 Å². The van der Waals surface area contributed by atoms with Crippen LogP contribution in [-0.4, -0.2) is 27.7 Å². The van der Waals surface area contributed by atoms with Crippen molar-refractivity contribution in [1.82, 2.24) is 15.1 Å².